The van der Waals surface area contributed by atoms with E-state index in [1.807, 2.05) is 13.0 Å². The molecule has 0 fully saturated rings. The zero-order valence-electron chi connectivity index (χ0n) is 16.3. The lowest BCUT2D eigenvalue weighted by molar-refractivity contribution is 0.102. The molecule has 31 heavy (non-hydrogen) atoms. The van der Waals surface area contributed by atoms with Gasteiger partial charge in [-0.05, 0) is 49.4 Å². The Morgan fingerprint density at radius 1 is 1.03 bits per heavy atom. The third-order valence-corrected chi connectivity index (χ3v) is 5.82. The summed E-state index contributed by atoms with van der Waals surface area (Å²) in [7, 11) is 0. The Balaban J connectivity index is 1.40. The number of nitrogens with zero attached hydrogens (tertiary/aromatic N) is 1. The van der Waals surface area contributed by atoms with Crippen LogP contribution in [-0.4, -0.2) is 10.9 Å². The topological polar surface area (TPSA) is 72.2 Å². The Morgan fingerprint density at radius 3 is 2.65 bits per heavy atom. The van der Waals surface area contributed by atoms with E-state index in [1.54, 1.807) is 42.5 Å². The Kier molecular flexibility index (Phi) is 4.60. The average Bonchev–Trinajstić information content (AvgIpc) is 3.15. The molecule has 5 nitrogen and oxygen atoms in total. The Hall–Kier alpha value is -3.84. The zero-order chi connectivity index (χ0) is 21.5. The number of carbonyl (C=O) groups is 1. The number of hydrogen-bond donors (Lipinski definition) is 1. The van der Waals surface area contributed by atoms with Crippen LogP contribution in [-0.2, 0) is 0 Å². The van der Waals surface area contributed by atoms with Gasteiger partial charge in [-0.2, -0.15) is 0 Å². The van der Waals surface area contributed by atoms with E-state index in [4.69, 9.17) is 4.42 Å². The molecular weight excluding hydrogens is 415 g/mol. The van der Waals surface area contributed by atoms with E-state index in [0.29, 0.717) is 43.2 Å². The van der Waals surface area contributed by atoms with Crippen molar-refractivity contribution in [1.82, 2.24) is 4.98 Å². The summed E-state index contributed by atoms with van der Waals surface area (Å²) in [6.07, 6.45) is 0. The monoisotopic (exact) mass is 430 g/mol. The van der Waals surface area contributed by atoms with Crippen LogP contribution in [0.25, 0.3) is 32.5 Å². The van der Waals surface area contributed by atoms with Gasteiger partial charge in [0.15, 0.2) is 10.6 Å². The Labute approximate surface area is 179 Å². The summed E-state index contributed by atoms with van der Waals surface area (Å²) in [5.74, 6) is -0.247. The summed E-state index contributed by atoms with van der Waals surface area (Å²) in [6, 6.07) is 18.0. The molecule has 0 bridgehead atoms. The molecule has 152 valence electrons. The van der Waals surface area contributed by atoms with Crippen molar-refractivity contribution in [2.45, 2.75) is 6.92 Å². The van der Waals surface area contributed by atoms with Crippen LogP contribution in [0.4, 0.5) is 9.52 Å². The molecule has 2 aromatic heterocycles. The molecular formula is C24H15FN2O3S. The third-order valence-electron chi connectivity index (χ3n) is 4.89. The normalized spacial score (nSPS) is 11.2. The number of benzene rings is 3. The Bertz CT molecular complexity index is 1520. The van der Waals surface area contributed by atoms with E-state index in [-0.39, 0.29) is 17.2 Å². The van der Waals surface area contributed by atoms with E-state index in [9.17, 15) is 14.0 Å². The number of amides is 1. The highest BCUT2D eigenvalue weighted by Crippen LogP contribution is 2.27. The van der Waals surface area contributed by atoms with Gasteiger partial charge in [-0.1, -0.05) is 35.1 Å². The molecule has 0 saturated carbocycles. The molecule has 5 rings (SSSR count). The number of carbonyl (C=O) groups excluding carboxylic acids is 1. The van der Waals surface area contributed by atoms with Crippen molar-refractivity contribution >= 4 is 43.6 Å². The van der Waals surface area contributed by atoms with Crippen LogP contribution < -0.4 is 10.7 Å². The molecule has 0 aliphatic rings. The van der Waals surface area contributed by atoms with E-state index in [1.165, 1.54) is 29.5 Å². The number of anilines is 1. The first-order valence-electron chi connectivity index (χ1n) is 9.49. The molecule has 3 aromatic carbocycles. The van der Waals surface area contributed by atoms with E-state index in [2.05, 4.69) is 10.3 Å². The predicted octanol–water partition coefficient (Wildman–Crippen LogP) is 5.77. The summed E-state index contributed by atoms with van der Waals surface area (Å²) in [4.78, 5) is 29.3. The van der Waals surface area contributed by atoms with Crippen molar-refractivity contribution in [2.24, 2.45) is 0 Å². The molecule has 0 unspecified atom stereocenters. The van der Waals surface area contributed by atoms with Gasteiger partial charge in [0.05, 0.1) is 15.6 Å². The van der Waals surface area contributed by atoms with E-state index in [0.717, 1.165) is 5.56 Å². The van der Waals surface area contributed by atoms with Crippen molar-refractivity contribution in [3.8, 4) is 11.3 Å². The second-order valence-electron chi connectivity index (χ2n) is 7.14. The lowest BCUT2D eigenvalue weighted by atomic mass is 10.1. The number of hydrogen-bond acceptors (Lipinski definition) is 5. The lowest BCUT2D eigenvalue weighted by Gasteiger charge is -2.06. The van der Waals surface area contributed by atoms with Gasteiger partial charge in [-0.25, -0.2) is 9.37 Å². The van der Waals surface area contributed by atoms with E-state index < -0.39 is 0 Å². The van der Waals surface area contributed by atoms with Crippen LogP contribution in [0, 0.1) is 12.7 Å². The molecule has 0 spiro atoms. The fourth-order valence-corrected chi connectivity index (χ4v) is 4.21. The number of rotatable bonds is 3. The van der Waals surface area contributed by atoms with Gasteiger partial charge in [0.2, 0.25) is 0 Å². The molecule has 0 atom stereocenters. The zero-order valence-corrected chi connectivity index (χ0v) is 17.1. The summed E-state index contributed by atoms with van der Waals surface area (Å²) < 4.78 is 19.9. The fourth-order valence-electron chi connectivity index (χ4n) is 3.32. The molecule has 5 aromatic rings. The minimum Gasteiger partial charge on any atom is -0.456 e. The first-order valence-corrected chi connectivity index (χ1v) is 10.3. The Morgan fingerprint density at radius 2 is 1.84 bits per heavy atom. The van der Waals surface area contributed by atoms with Crippen molar-refractivity contribution in [3.63, 3.8) is 0 Å². The number of halogens is 1. The average molecular weight is 430 g/mol. The predicted molar refractivity (Wildman–Crippen MR) is 120 cm³/mol. The van der Waals surface area contributed by atoms with Crippen LogP contribution in [0.5, 0.6) is 0 Å². The molecule has 0 radical (unpaired) electrons. The molecule has 0 saturated heterocycles. The quantitative estimate of drug-likeness (QED) is 0.394. The van der Waals surface area contributed by atoms with Gasteiger partial charge in [-0.3, -0.25) is 14.9 Å². The number of aryl methyl sites for hydroxylation is 1. The van der Waals surface area contributed by atoms with Crippen LogP contribution >= 0.6 is 11.3 Å². The van der Waals surface area contributed by atoms with Crippen LogP contribution in [0.3, 0.4) is 0 Å². The lowest BCUT2D eigenvalue weighted by Crippen LogP contribution is -2.11. The van der Waals surface area contributed by atoms with Crippen molar-refractivity contribution in [3.05, 3.63) is 93.9 Å². The molecule has 2 heterocycles. The highest BCUT2D eigenvalue weighted by atomic mass is 32.1. The minimum absolute atomic E-state index is 0.117. The van der Waals surface area contributed by atoms with Gasteiger partial charge >= 0.3 is 0 Å². The molecule has 0 aliphatic heterocycles. The maximum atomic E-state index is 13.3. The van der Waals surface area contributed by atoms with Crippen molar-refractivity contribution < 1.29 is 13.6 Å². The van der Waals surface area contributed by atoms with Crippen LogP contribution in [0.2, 0.25) is 0 Å². The van der Waals surface area contributed by atoms with Crippen LogP contribution in [0.1, 0.15) is 15.9 Å². The first kappa shape index (κ1) is 19.1. The largest absolute Gasteiger partial charge is 0.456 e. The molecule has 1 N–H and O–H groups in total. The van der Waals surface area contributed by atoms with Gasteiger partial charge in [-0.15, -0.1) is 0 Å². The fraction of sp³-hybridized carbons (Fsp3) is 0.0417. The molecule has 0 aliphatic carbocycles. The van der Waals surface area contributed by atoms with Gasteiger partial charge in [0, 0.05) is 17.2 Å². The standard InChI is InChI=1S/C24H15FN2O3S/c1-13-2-9-20-17(10-13)19(28)12-21(30-20)14-3-5-15(6-4-14)23(29)27-24-26-18-8-7-16(25)11-22(18)31-24/h2-12H,1H3,(H,26,27,29). The maximum Gasteiger partial charge on any atom is 0.257 e. The number of thiazole rings is 1. The second kappa shape index (κ2) is 7.45. The van der Waals surface area contributed by atoms with Crippen molar-refractivity contribution in [2.75, 3.05) is 5.32 Å². The molecule has 1 amide bonds. The summed E-state index contributed by atoms with van der Waals surface area (Å²) in [5.41, 5.74) is 3.12. The smallest absolute Gasteiger partial charge is 0.257 e. The highest BCUT2D eigenvalue weighted by molar-refractivity contribution is 7.22. The third kappa shape index (κ3) is 3.71. The highest BCUT2D eigenvalue weighted by Gasteiger charge is 2.12. The first-order chi connectivity index (χ1) is 15.0. The number of aromatic nitrogens is 1. The molecule has 7 heteroatoms. The number of nitrogens with one attached hydrogen (secondary N) is 1. The van der Waals surface area contributed by atoms with Gasteiger partial charge in [0.25, 0.3) is 5.91 Å². The maximum absolute atomic E-state index is 13.3. The van der Waals surface area contributed by atoms with Crippen molar-refractivity contribution in [1.29, 1.82) is 0 Å². The summed E-state index contributed by atoms with van der Waals surface area (Å²) >= 11 is 1.21. The minimum atomic E-state index is -0.347. The number of fused-ring (bicyclic) bond motifs is 2. The summed E-state index contributed by atoms with van der Waals surface area (Å²) in [6.45, 7) is 1.92. The second-order valence-corrected chi connectivity index (χ2v) is 8.17. The van der Waals surface area contributed by atoms with Crippen LogP contribution in [0.15, 0.2) is 75.9 Å². The van der Waals surface area contributed by atoms with Gasteiger partial charge in [0.1, 0.15) is 17.2 Å². The SMILES string of the molecule is Cc1ccc2oc(-c3ccc(C(=O)Nc4nc5ccc(F)cc5s4)cc3)cc(=O)c2c1. The van der Waals surface area contributed by atoms with Gasteiger partial charge < -0.3 is 4.42 Å². The van der Waals surface area contributed by atoms with E-state index >= 15 is 0 Å². The summed E-state index contributed by atoms with van der Waals surface area (Å²) in [5, 5.41) is 3.67.